The summed E-state index contributed by atoms with van der Waals surface area (Å²) in [5.74, 6) is -0.344. The van der Waals surface area contributed by atoms with Crippen LogP contribution in [-0.4, -0.2) is 68.7 Å². The lowest BCUT2D eigenvalue weighted by atomic mass is 9.90. The standard InChI is InChI=1S/C26H32FN5O2/c1-2-34-25-29-22-9-6-14-28-23(22)32(25)21-10-15-31(16-11-21)24(33)26(27)12-17-30(18-13-26)19-20-7-4-3-5-8-20/h3-9,14,21H,2,10-13,15-19H2,1H3. The fraction of sp³-hybridized carbons (Fsp3) is 0.500. The van der Waals surface area contributed by atoms with E-state index in [0.29, 0.717) is 38.8 Å². The minimum Gasteiger partial charge on any atom is -0.465 e. The smallest absolute Gasteiger partial charge is 0.298 e. The fourth-order valence-corrected chi connectivity index (χ4v) is 5.20. The molecule has 0 atom stereocenters. The lowest BCUT2D eigenvalue weighted by Gasteiger charge is -2.40. The summed E-state index contributed by atoms with van der Waals surface area (Å²) in [5.41, 5.74) is 1.05. The van der Waals surface area contributed by atoms with Crippen LogP contribution >= 0.6 is 0 Å². The van der Waals surface area contributed by atoms with E-state index in [1.807, 2.05) is 41.8 Å². The van der Waals surface area contributed by atoms with E-state index in [0.717, 1.165) is 30.6 Å². The summed E-state index contributed by atoms with van der Waals surface area (Å²) in [5, 5.41) is 0. The molecule has 7 nitrogen and oxygen atoms in total. The van der Waals surface area contributed by atoms with E-state index in [4.69, 9.17) is 4.74 Å². The van der Waals surface area contributed by atoms with Gasteiger partial charge in [-0.15, -0.1) is 0 Å². The topological polar surface area (TPSA) is 63.5 Å². The SMILES string of the molecule is CCOc1nc2cccnc2n1C1CCN(C(=O)C2(F)CCN(Cc3ccccc3)CC2)CC1. The van der Waals surface area contributed by atoms with Gasteiger partial charge in [0.05, 0.1) is 6.61 Å². The number of aromatic nitrogens is 3. The number of carbonyl (C=O) groups excluding carboxylic acids is 1. The Kier molecular flexibility index (Phi) is 6.50. The summed E-state index contributed by atoms with van der Waals surface area (Å²) in [6.45, 7) is 5.50. The number of ether oxygens (including phenoxy) is 1. The van der Waals surface area contributed by atoms with Crippen LogP contribution in [0.4, 0.5) is 4.39 Å². The number of rotatable bonds is 6. The van der Waals surface area contributed by atoms with E-state index < -0.39 is 5.67 Å². The molecule has 0 spiro atoms. The number of piperidine rings is 2. The molecule has 0 aliphatic carbocycles. The lowest BCUT2D eigenvalue weighted by Crippen LogP contribution is -2.53. The molecular weight excluding hydrogens is 433 g/mol. The molecule has 180 valence electrons. The number of nitrogens with zero attached hydrogens (tertiary/aromatic N) is 5. The van der Waals surface area contributed by atoms with Crippen LogP contribution in [-0.2, 0) is 11.3 Å². The van der Waals surface area contributed by atoms with Gasteiger partial charge in [0.2, 0.25) is 0 Å². The second-order valence-corrected chi connectivity index (χ2v) is 9.29. The highest BCUT2D eigenvalue weighted by atomic mass is 19.1. The summed E-state index contributed by atoms with van der Waals surface area (Å²) in [4.78, 5) is 26.2. The monoisotopic (exact) mass is 465 g/mol. The third kappa shape index (κ3) is 4.51. The summed E-state index contributed by atoms with van der Waals surface area (Å²) >= 11 is 0. The number of hydrogen-bond acceptors (Lipinski definition) is 5. The number of likely N-dealkylation sites (tertiary alicyclic amines) is 2. The van der Waals surface area contributed by atoms with Crippen molar-refractivity contribution in [3.63, 3.8) is 0 Å². The third-order valence-corrected chi connectivity index (χ3v) is 7.09. The second kappa shape index (κ2) is 9.70. The van der Waals surface area contributed by atoms with Crippen LogP contribution < -0.4 is 4.74 Å². The largest absolute Gasteiger partial charge is 0.465 e. The van der Waals surface area contributed by atoms with Crippen molar-refractivity contribution in [3.05, 3.63) is 54.2 Å². The first-order chi connectivity index (χ1) is 16.6. The zero-order valence-electron chi connectivity index (χ0n) is 19.7. The van der Waals surface area contributed by atoms with Gasteiger partial charge in [-0.1, -0.05) is 30.3 Å². The second-order valence-electron chi connectivity index (χ2n) is 9.29. The van der Waals surface area contributed by atoms with Gasteiger partial charge in [0, 0.05) is 57.8 Å². The van der Waals surface area contributed by atoms with Gasteiger partial charge < -0.3 is 9.64 Å². The maximum Gasteiger partial charge on any atom is 0.298 e. The number of pyridine rings is 1. The fourth-order valence-electron chi connectivity index (χ4n) is 5.20. The van der Waals surface area contributed by atoms with Crippen molar-refractivity contribution in [1.82, 2.24) is 24.3 Å². The molecule has 3 aromatic rings. The highest BCUT2D eigenvalue weighted by molar-refractivity contribution is 5.85. The molecule has 2 aliphatic rings. The molecule has 34 heavy (non-hydrogen) atoms. The summed E-state index contributed by atoms with van der Waals surface area (Å²) < 4.78 is 23.6. The van der Waals surface area contributed by atoms with Crippen molar-refractivity contribution in [2.24, 2.45) is 0 Å². The van der Waals surface area contributed by atoms with Crippen LogP contribution in [0.2, 0.25) is 0 Å². The molecule has 2 saturated heterocycles. The Balaban J connectivity index is 1.20. The van der Waals surface area contributed by atoms with Gasteiger partial charge in [-0.3, -0.25) is 14.3 Å². The molecule has 0 unspecified atom stereocenters. The molecule has 0 bridgehead atoms. The van der Waals surface area contributed by atoms with Crippen LogP contribution in [0.5, 0.6) is 6.01 Å². The number of imidazole rings is 1. The van der Waals surface area contributed by atoms with Gasteiger partial charge in [-0.05, 0) is 37.5 Å². The predicted molar refractivity (Wildman–Crippen MR) is 128 cm³/mol. The quantitative estimate of drug-likeness (QED) is 0.551. The average Bonchev–Trinajstić information content (AvgIpc) is 3.24. The molecule has 2 aliphatic heterocycles. The summed E-state index contributed by atoms with van der Waals surface area (Å²) in [7, 11) is 0. The molecule has 5 rings (SSSR count). The van der Waals surface area contributed by atoms with Crippen molar-refractivity contribution >= 4 is 17.1 Å². The first-order valence-corrected chi connectivity index (χ1v) is 12.3. The highest BCUT2D eigenvalue weighted by Gasteiger charge is 2.45. The van der Waals surface area contributed by atoms with Crippen molar-refractivity contribution in [1.29, 1.82) is 0 Å². The number of hydrogen-bond donors (Lipinski definition) is 0. The predicted octanol–water partition coefficient (Wildman–Crippen LogP) is 4.00. The third-order valence-electron chi connectivity index (χ3n) is 7.09. The Morgan fingerprint density at radius 3 is 2.53 bits per heavy atom. The van der Waals surface area contributed by atoms with Gasteiger partial charge in [-0.25, -0.2) is 9.37 Å². The molecule has 0 saturated carbocycles. The highest BCUT2D eigenvalue weighted by Crippen LogP contribution is 2.34. The van der Waals surface area contributed by atoms with Crippen molar-refractivity contribution in [2.75, 3.05) is 32.8 Å². The lowest BCUT2D eigenvalue weighted by molar-refractivity contribution is -0.148. The van der Waals surface area contributed by atoms with Crippen LogP contribution in [0.25, 0.3) is 11.2 Å². The van der Waals surface area contributed by atoms with Crippen LogP contribution in [0.15, 0.2) is 48.7 Å². The molecular formula is C26H32FN5O2. The first-order valence-electron chi connectivity index (χ1n) is 12.3. The first kappa shape index (κ1) is 22.8. The van der Waals surface area contributed by atoms with Crippen molar-refractivity contribution in [2.45, 2.75) is 50.9 Å². The Labute approximate surface area is 199 Å². The van der Waals surface area contributed by atoms with Crippen LogP contribution in [0.1, 0.15) is 44.2 Å². The van der Waals surface area contributed by atoms with Gasteiger partial charge in [0.1, 0.15) is 5.52 Å². The van der Waals surface area contributed by atoms with Gasteiger partial charge in [0.15, 0.2) is 11.3 Å². The summed E-state index contributed by atoms with van der Waals surface area (Å²) in [6.07, 6.45) is 3.71. The van der Waals surface area contributed by atoms with E-state index in [1.54, 1.807) is 11.1 Å². The Hall–Kier alpha value is -3.00. The van der Waals surface area contributed by atoms with Gasteiger partial charge >= 0.3 is 0 Å². The zero-order chi connectivity index (χ0) is 23.5. The van der Waals surface area contributed by atoms with E-state index in [2.05, 4.69) is 27.0 Å². The maximum absolute atomic E-state index is 15.7. The Morgan fingerprint density at radius 1 is 1.09 bits per heavy atom. The molecule has 1 amide bonds. The van der Waals surface area contributed by atoms with Gasteiger partial charge in [-0.2, -0.15) is 4.98 Å². The van der Waals surface area contributed by atoms with E-state index in [1.165, 1.54) is 5.56 Å². The summed E-state index contributed by atoms with van der Waals surface area (Å²) in [6, 6.07) is 14.7. The normalized spacial score (nSPS) is 19.4. The molecule has 0 N–H and O–H groups in total. The Bertz CT molecular complexity index is 1120. The number of halogens is 1. The number of benzene rings is 1. The van der Waals surface area contributed by atoms with Crippen molar-refractivity contribution in [3.8, 4) is 6.01 Å². The molecule has 4 heterocycles. The number of carbonyl (C=O) groups is 1. The number of amides is 1. The maximum atomic E-state index is 15.7. The molecule has 2 aromatic heterocycles. The molecule has 2 fully saturated rings. The minimum absolute atomic E-state index is 0.119. The van der Waals surface area contributed by atoms with Crippen molar-refractivity contribution < 1.29 is 13.9 Å². The van der Waals surface area contributed by atoms with Gasteiger partial charge in [0.25, 0.3) is 11.9 Å². The molecule has 0 radical (unpaired) electrons. The van der Waals surface area contributed by atoms with E-state index >= 15 is 4.39 Å². The molecule has 1 aromatic carbocycles. The number of fused-ring (bicyclic) bond motifs is 1. The van der Waals surface area contributed by atoms with Crippen LogP contribution in [0.3, 0.4) is 0 Å². The van der Waals surface area contributed by atoms with E-state index in [-0.39, 0.29) is 24.8 Å². The minimum atomic E-state index is -1.76. The zero-order valence-corrected chi connectivity index (χ0v) is 19.7. The Morgan fingerprint density at radius 2 is 1.82 bits per heavy atom. The van der Waals surface area contributed by atoms with E-state index in [9.17, 15) is 4.79 Å². The average molecular weight is 466 g/mol. The van der Waals surface area contributed by atoms with Crippen LogP contribution in [0, 0.1) is 0 Å². The number of alkyl halides is 1. The molecule has 8 heteroatoms.